The Kier molecular flexibility index (Phi) is 2.86. The lowest BCUT2D eigenvalue weighted by molar-refractivity contribution is 0.559. The van der Waals surface area contributed by atoms with Crippen LogP contribution in [0, 0.1) is 0 Å². The maximum Gasteiger partial charge on any atom is 0.221 e. The summed E-state index contributed by atoms with van der Waals surface area (Å²) in [6, 6.07) is 13.5. The molecule has 0 radical (unpaired) electrons. The van der Waals surface area contributed by atoms with Crippen molar-refractivity contribution < 1.29 is 4.42 Å². The first kappa shape index (κ1) is 11.3. The molecule has 3 aromatic rings. The van der Waals surface area contributed by atoms with Gasteiger partial charge in [-0.1, -0.05) is 30.3 Å². The SMILES string of the molecule is Nc1ncc(-c2ccccc2)n1N=Cc1ccco1. The lowest BCUT2D eigenvalue weighted by Gasteiger charge is -2.03. The Balaban J connectivity index is 2.00. The molecular weight excluding hydrogens is 240 g/mol. The number of furan rings is 1. The van der Waals surface area contributed by atoms with E-state index in [-0.39, 0.29) is 0 Å². The van der Waals surface area contributed by atoms with E-state index in [2.05, 4.69) is 10.1 Å². The standard InChI is InChI=1S/C14H12N4O/c15-14-16-10-13(11-5-2-1-3-6-11)18(14)17-9-12-7-4-8-19-12/h1-10H,(H2,15,16). The van der Waals surface area contributed by atoms with E-state index in [9.17, 15) is 0 Å². The first-order valence-corrected chi connectivity index (χ1v) is 5.81. The first-order valence-electron chi connectivity index (χ1n) is 5.81. The summed E-state index contributed by atoms with van der Waals surface area (Å²) in [4.78, 5) is 4.09. The molecule has 2 aromatic heterocycles. The minimum Gasteiger partial charge on any atom is -0.463 e. The van der Waals surface area contributed by atoms with Gasteiger partial charge in [0.15, 0.2) is 0 Å². The number of imidazole rings is 1. The number of rotatable bonds is 3. The quantitative estimate of drug-likeness (QED) is 0.728. The monoisotopic (exact) mass is 252 g/mol. The van der Waals surface area contributed by atoms with E-state index in [1.54, 1.807) is 29.4 Å². The molecule has 0 aliphatic carbocycles. The molecule has 0 aliphatic rings. The van der Waals surface area contributed by atoms with Crippen LogP contribution in [-0.2, 0) is 0 Å². The van der Waals surface area contributed by atoms with Crippen molar-refractivity contribution >= 4 is 12.2 Å². The molecule has 0 amide bonds. The van der Waals surface area contributed by atoms with Crippen LogP contribution in [-0.4, -0.2) is 15.9 Å². The third kappa shape index (κ3) is 2.26. The Labute approximate surface area is 110 Å². The summed E-state index contributed by atoms with van der Waals surface area (Å²) in [5.74, 6) is 0.994. The second-order valence-electron chi connectivity index (χ2n) is 3.94. The van der Waals surface area contributed by atoms with Gasteiger partial charge in [-0.2, -0.15) is 9.78 Å². The van der Waals surface area contributed by atoms with Crippen molar-refractivity contribution in [1.29, 1.82) is 0 Å². The molecule has 19 heavy (non-hydrogen) atoms. The van der Waals surface area contributed by atoms with Crippen molar-refractivity contribution in [3.8, 4) is 11.3 Å². The van der Waals surface area contributed by atoms with E-state index in [0.29, 0.717) is 11.7 Å². The van der Waals surface area contributed by atoms with Crippen molar-refractivity contribution in [2.45, 2.75) is 0 Å². The van der Waals surface area contributed by atoms with Gasteiger partial charge < -0.3 is 10.2 Å². The molecule has 0 saturated heterocycles. The molecule has 5 nitrogen and oxygen atoms in total. The Morgan fingerprint density at radius 3 is 2.74 bits per heavy atom. The van der Waals surface area contributed by atoms with Gasteiger partial charge in [0.2, 0.25) is 5.95 Å². The van der Waals surface area contributed by atoms with Crippen LogP contribution in [0.2, 0.25) is 0 Å². The molecule has 2 heterocycles. The summed E-state index contributed by atoms with van der Waals surface area (Å²) >= 11 is 0. The molecule has 1 aromatic carbocycles. The molecule has 0 unspecified atom stereocenters. The highest BCUT2D eigenvalue weighted by atomic mass is 16.3. The lowest BCUT2D eigenvalue weighted by Crippen LogP contribution is -1.99. The lowest BCUT2D eigenvalue weighted by atomic mass is 10.2. The summed E-state index contributed by atoms with van der Waals surface area (Å²) in [7, 11) is 0. The third-order valence-electron chi connectivity index (χ3n) is 2.68. The van der Waals surface area contributed by atoms with Gasteiger partial charge in [-0.3, -0.25) is 0 Å². The normalized spacial score (nSPS) is 11.2. The highest BCUT2D eigenvalue weighted by Crippen LogP contribution is 2.21. The molecule has 0 fully saturated rings. The number of benzene rings is 1. The Morgan fingerprint density at radius 2 is 2.00 bits per heavy atom. The van der Waals surface area contributed by atoms with E-state index in [0.717, 1.165) is 11.3 Å². The number of hydrogen-bond donors (Lipinski definition) is 1. The van der Waals surface area contributed by atoms with E-state index < -0.39 is 0 Å². The van der Waals surface area contributed by atoms with Gasteiger partial charge in [-0.25, -0.2) is 4.98 Å². The number of nitrogen functional groups attached to an aromatic ring is 1. The number of nitrogens with zero attached hydrogens (tertiary/aromatic N) is 3. The fourth-order valence-corrected chi connectivity index (χ4v) is 1.77. The Hall–Kier alpha value is -2.82. The molecule has 0 bridgehead atoms. The molecule has 0 saturated carbocycles. The zero-order valence-corrected chi connectivity index (χ0v) is 10.1. The van der Waals surface area contributed by atoms with Crippen LogP contribution in [0.5, 0.6) is 0 Å². The molecule has 0 atom stereocenters. The summed E-state index contributed by atoms with van der Waals surface area (Å²) in [6.45, 7) is 0. The number of nitrogens with two attached hydrogens (primary N) is 1. The van der Waals surface area contributed by atoms with Gasteiger partial charge in [0.25, 0.3) is 0 Å². The Morgan fingerprint density at radius 1 is 1.16 bits per heavy atom. The molecule has 5 heteroatoms. The van der Waals surface area contributed by atoms with Crippen LogP contribution in [0.4, 0.5) is 5.95 Å². The first-order chi connectivity index (χ1) is 9.34. The predicted octanol–water partition coefficient (Wildman–Crippen LogP) is 2.61. The van der Waals surface area contributed by atoms with Crippen LogP contribution >= 0.6 is 0 Å². The second-order valence-corrected chi connectivity index (χ2v) is 3.94. The summed E-state index contributed by atoms with van der Waals surface area (Å²) in [6.07, 6.45) is 4.89. The largest absolute Gasteiger partial charge is 0.463 e. The number of hydrogen-bond acceptors (Lipinski definition) is 4. The van der Waals surface area contributed by atoms with Gasteiger partial charge in [0.05, 0.1) is 24.4 Å². The molecule has 3 rings (SSSR count). The average molecular weight is 252 g/mol. The molecule has 94 valence electrons. The maximum absolute atomic E-state index is 5.83. The predicted molar refractivity (Wildman–Crippen MR) is 73.8 cm³/mol. The van der Waals surface area contributed by atoms with Gasteiger partial charge in [-0.15, -0.1) is 0 Å². The van der Waals surface area contributed by atoms with E-state index in [1.807, 2.05) is 36.4 Å². The summed E-state index contributed by atoms with van der Waals surface area (Å²) in [5, 5.41) is 4.29. The molecular formula is C14H12N4O. The maximum atomic E-state index is 5.83. The van der Waals surface area contributed by atoms with E-state index in [4.69, 9.17) is 10.2 Å². The van der Waals surface area contributed by atoms with Crippen LogP contribution in [0.1, 0.15) is 5.76 Å². The van der Waals surface area contributed by atoms with Crippen LogP contribution in [0.25, 0.3) is 11.3 Å². The van der Waals surface area contributed by atoms with Crippen LogP contribution in [0.3, 0.4) is 0 Å². The second kappa shape index (κ2) is 4.81. The molecule has 0 aliphatic heterocycles. The minimum absolute atomic E-state index is 0.335. The summed E-state index contributed by atoms with van der Waals surface area (Å²) < 4.78 is 6.77. The molecule has 0 spiro atoms. The minimum atomic E-state index is 0.335. The zero-order chi connectivity index (χ0) is 13.1. The average Bonchev–Trinajstić information content (AvgIpc) is 3.07. The van der Waals surface area contributed by atoms with Gasteiger partial charge >= 0.3 is 0 Å². The smallest absolute Gasteiger partial charge is 0.221 e. The number of aromatic nitrogens is 2. The number of anilines is 1. The van der Waals surface area contributed by atoms with Crippen LogP contribution < -0.4 is 5.73 Å². The zero-order valence-electron chi connectivity index (χ0n) is 10.1. The van der Waals surface area contributed by atoms with Gasteiger partial charge in [0, 0.05) is 5.56 Å². The van der Waals surface area contributed by atoms with Crippen LogP contribution in [0.15, 0.2) is 64.4 Å². The van der Waals surface area contributed by atoms with Gasteiger partial charge in [-0.05, 0) is 12.1 Å². The highest BCUT2D eigenvalue weighted by molar-refractivity contribution is 5.76. The van der Waals surface area contributed by atoms with Crippen molar-refractivity contribution in [3.05, 3.63) is 60.7 Å². The fraction of sp³-hybridized carbons (Fsp3) is 0. The topological polar surface area (TPSA) is 69.3 Å². The van der Waals surface area contributed by atoms with Crippen molar-refractivity contribution in [3.63, 3.8) is 0 Å². The van der Waals surface area contributed by atoms with Crippen molar-refractivity contribution in [1.82, 2.24) is 9.66 Å². The van der Waals surface area contributed by atoms with Gasteiger partial charge in [0.1, 0.15) is 5.76 Å². The van der Waals surface area contributed by atoms with E-state index in [1.165, 1.54) is 0 Å². The fourth-order valence-electron chi connectivity index (χ4n) is 1.77. The van der Waals surface area contributed by atoms with Crippen molar-refractivity contribution in [2.24, 2.45) is 5.10 Å². The van der Waals surface area contributed by atoms with Crippen molar-refractivity contribution in [2.75, 3.05) is 5.73 Å². The van der Waals surface area contributed by atoms with E-state index >= 15 is 0 Å². The third-order valence-corrected chi connectivity index (χ3v) is 2.68. The molecule has 2 N–H and O–H groups in total. The summed E-state index contributed by atoms with van der Waals surface area (Å²) in [5.41, 5.74) is 7.66. The highest BCUT2D eigenvalue weighted by Gasteiger charge is 2.08. The Bertz CT molecular complexity index is 684.